The van der Waals surface area contributed by atoms with Gasteiger partial charge in [0.05, 0.1) is 6.20 Å². The smallest absolute Gasteiger partial charge is 0.188 e. The van der Waals surface area contributed by atoms with Crippen molar-refractivity contribution in [2.45, 2.75) is 19.5 Å². The van der Waals surface area contributed by atoms with Crippen molar-refractivity contribution in [2.24, 2.45) is 5.41 Å². The number of hydrogen-bond donors (Lipinski definition) is 1. The summed E-state index contributed by atoms with van der Waals surface area (Å²) in [7, 11) is 0. The maximum atomic E-state index is 14.9. The predicted molar refractivity (Wildman–Crippen MR) is 118 cm³/mol. The summed E-state index contributed by atoms with van der Waals surface area (Å²) >= 11 is 0. The van der Waals surface area contributed by atoms with Gasteiger partial charge in [-0.05, 0) is 55.3 Å². The summed E-state index contributed by atoms with van der Waals surface area (Å²) in [5, 5.41) is 3.30. The van der Waals surface area contributed by atoms with Crippen LogP contribution in [0, 0.1) is 17.0 Å². The van der Waals surface area contributed by atoms with Crippen LogP contribution in [-0.4, -0.2) is 36.1 Å². The topological polar surface area (TPSA) is 50.3 Å². The SMILES string of the molecule is CC(C)(F)c1cc(F)ccc1-c1cc(F)ccc1Oc1cncnc1N1CC2(CNC2)C1.[HH]. The van der Waals surface area contributed by atoms with Crippen molar-refractivity contribution in [1.29, 1.82) is 0 Å². The summed E-state index contributed by atoms with van der Waals surface area (Å²) in [4.78, 5) is 10.6. The predicted octanol–water partition coefficient (Wildman–Crippen LogP) is 5.07. The first kappa shape index (κ1) is 20.8. The zero-order chi connectivity index (χ0) is 22.5. The Morgan fingerprint density at radius 1 is 1.03 bits per heavy atom. The number of halogens is 3. The Morgan fingerprint density at radius 3 is 2.44 bits per heavy atom. The molecule has 0 saturated carbocycles. The Kier molecular flexibility index (Phi) is 4.85. The van der Waals surface area contributed by atoms with Gasteiger partial charge in [-0.1, -0.05) is 6.07 Å². The number of benzene rings is 2. The third-order valence-corrected chi connectivity index (χ3v) is 6.08. The molecule has 2 aliphatic heterocycles. The highest BCUT2D eigenvalue weighted by Crippen LogP contribution is 2.44. The molecule has 2 aliphatic rings. The van der Waals surface area contributed by atoms with Crippen LogP contribution in [0.25, 0.3) is 11.1 Å². The van der Waals surface area contributed by atoms with E-state index in [1.807, 2.05) is 0 Å². The van der Waals surface area contributed by atoms with Crippen LogP contribution in [0.2, 0.25) is 0 Å². The minimum Gasteiger partial charge on any atom is -0.451 e. The molecule has 5 rings (SSSR count). The molecular weight excluding hydrogens is 417 g/mol. The Labute approximate surface area is 185 Å². The number of ether oxygens (including phenoxy) is 1. The van der Waals surface area contributed by atoms with Crippen LogP contribution in [0.15, 0.2) is 48.9 Å². The maximum absolute atomic E-state index is 14.9. The highest BCUT2D eigenvalue weighted by molar-refractivity contribution is 5.75. The first-order valence-electron chi connectivity index (χ1n) is 10.5. The summed E-state index contributed by atoms with van der Waals surface area (Å²) in [6, 6.07) is 7.81. The molecule has 1 N–H and O–H groups in total. The van der Waals surface area contributed by atoms with Crippen LogP contribution in [0.5, 0.6) is 11.5 Å². The molecule has 168 valence electrons. The van der Waals surface area contributed by atoms with Gasteiger partial charge in [0, 0.05) is 38.6 Å². The van der Waals surface area contributed by atoms with Gasteiger partial charge >= 0.3 is 0 Å². The molecule has 2 fully saturated rings. The van der Waals surface area contributed by atoms with Crippen molar-refractivity contribution in [3.05, 3.63) is 66.1 Å². The molecular formula is C24H25F3N4O. The van der Waals surface area contributed by atoms with Crippen LogP contribution in [0.3, 0.4) is 0 Å². The van der Waals surface area contributed by atoms with Crippen LogP contribution in [0.1, 0.15) is 20.8 Å². The first-order chi connectivity index (χ1) is 15.2. The maximum Gasteiger partial charge on any atom is 0.188 e. The molecule has 1 aromatic heterocycles. The van der Waals surface area contributed by atoms with Gasteiger partial charge in [0.25, 0.3) is 0 Å². The fraction of sp³-hybridized carbons (Fsp3) is 0.333. The summed E-state index contributed by atoms with van der Waals surface area (Å²) in [6.45, 7) is 6.37. The third kappa shape index (κ3) is 3.68. The first-order valence-corrected chi connectivity index (χ1v) is 10.5. The number of rotatable bonds is 5. The third-order valence-electron chi connectivity index (χ3n) is 6.08. The van der Waals surface area contributed by atoms with Crippen LogP contribution >= 0.6 is 0 Å². The van der Waals surface area contributed by atoms with Gasteiger partial charge in [0.1, 0.15) is 29.4 Å². The molecule has 32 heavy (non-hydrogen) atoms. The number of nitrogens with one attached hydrogen (secondary N) is 1. The van der Waals surface area contributed by atoms with Gasteiger partial charge < -0.3 is 15.0 Å². The normalized spacial score (nSPS) is 17.1. The van der Waals surface area contributed by atoms with Gasteiger partial charge in [-0.25, -0.2) is 23.1 Å². The number of hydrogen-bond acceptors (Lipinski definition) is 5. The van der Waals surface area contributed by atoms with Crippen LogP contribution in [-0.2, 0) is 5.67 Å². The highest BCUT2D eigenvalue weighted by atomic mass is 19.1. The van der Waals surface area contributed by atoms with Gasteiger partial charge in [-0.2, -0.15) is 0 Å². The largest absolute Gasteiger partial charge is 0.451 e. The number of anilines is 1. The molecule has 0 atom stereocenters. The molecule has 3 heterocycles. The van der Waals surface area contributed by atoms with E-state index in [1.54, 1.807) is 6.20 Å². The molecule has 0 unspecified atom stereocenters. The lowest BCUT2D eigenvalue weighted by Gasteiger charge is -2.56. The van der Waals surface area contributed by atoms with Crippen molar-refractivity contribution >= 4 is 5.82 Å². The Bertz CT molecular complexity index is 1170. The standard InChI is InChI=1S/C24H23F3N4O.H2/c1-23(2,27)19-8-16(26)3-5-17(19)18-7-15(25)4-6-20(18)32-21-9-28-14-30-22(21)31-12-24(13-31)10-29-11-24;/h3-9,14,29H,10-13H2,1-2H3;1H. The van der Waals surface area contributed by atoms with E-state index in [2.05, 4.69) is 20.2 Å². The quantitative estimate of drug-likeness (QED) is 0.598. The van der Waals surface area contributed by atoms with E-state index in [0.717, 1.165) is 32.2 Å². The second kappa shape index (κ2) is 7.48. The van der Waals surface area contributed by atoms with E-state index >= 15 is 0 Å². The zero-order valence-electron chi connectivity index (χ0n) is 17.8. The molecule has 2 aromatic carbocycles. The van der Waals surface area contributed by atoms with Gasteiger partial charge in [0.15, 0.2) is 11.6 Å². The van der Waals surface area contributed by atoms with Gasteiger partial charge in [-0.3, -0.25) is 0 Å². The minimum atomic E-state index is -1.84. The average molecular weight is 442 g/mol. The van der Waals surface area contributed by atoms with Crippen molar-refractivity contribution in [2.75, 3.05) is 31.1 Å². The monoisotopic (exact) mass is 442 g/mol. The van der Waals surface area contributed by atoms with E-state index in [-0.39, 0.29) is 6.99 Å². The molecule has 8 heteroatoms. The van der Waals surface area contributed by atoms with E-state index < -0.39 is 17.3 Å². The van der Waals surface area contributed by atoms with Crippen LogP contribution < -0.4 is 15.0 Å². The zero-order valence-corrected chi connectivity index (χ0v) is 17.8. The summed E-state index contributed by atoms with van der Waals surface area (Å²) < 4.78 is 49.2. The van der Waals surface area contributed by atoms with Crippen molar-refractivity contribution in [3.8, 4) is 22.6 Å². The van der Waals surface area contributed by atoms with E-state index in [4.69, 9.17) is 4.74 Å². The number of alkyl halides is 1. The Morgan fingerprint density at radius 2 is 1.75 bits per heavy atom. The van der Waals surface area contributed by atoms with Gasteiger partial charge in [0.2, 0.25) is 0 Å². The molecule has 3 aromatic rings. The summed E-state index contributed by atoms with van der Waals surface area (Å²) in [5.74, 6) is 0.305. The second-order valence-electron chi connectivity index (χ2n) is 9.08. The lowest BCUT2D eigenvalue weighted by molar-refractivity contribution is 0.120. The van der Waals surface area contributed by atoms with Crippen LogP contribution in [0.4, 0.5) is 19.0 Å². The minimum absolute atomic E-state index is 0. The molecule has 1 spiro atoms. The molecule has 2 saturated heterocycles. The summed E-state index contributed by atoms with van der Waals surface area (Å²) in [6.07, 6.45) is 3.02. The molecule has 0 amide bonds. The van der Waals surface area contributed by atoms with Crippen molar-refractivity contribution < 1.29 is 19.3 Å². The Balaban J connectivity index is 0.00000259. The van der Waals surface area contributed by atoms with E-state index in [1.165, 1.54) is 50.5 Å². The van der Waals surface area contributed by atoms with Crippen molar-refractivity contribution in [1.82, 2.24) is 15.3 Å². The Hall–Kier alpha value is -3.13. The number of nitrogens with zero attached hydrogens (tertiary/aromatic N) is 3. The highest BCUT2D eigenvalue weighted by Gasteiger charge is 2.48. The fourth-order valence-corrected chi connectivity index (χ4v) is 4.40. The van der Waals surface area contributed by atoms with E-state index in [9.17, 15) is 13.2 Å². The van der Waals surface area contributed by atoms with Crippen molar-refractivity contribution in [3.63, 3.8) is 0 Å². The molecule has 0 bridgehead atoms. The van der Waals surface area contributed by atoms with Gasteiger partial charge in [-0.15, -0.1) is 0 Å². The summed E-state index contributed by atoms with van der Waals surface area (Å²) in [5.41, 5.74) is -0.761. The van der Waals surface area contributed by atoms with E-state index in [0.29, 0.717) is 33.9 Å². The molecule has 0 aliphatic carbocycles. The lowest BCUT2D eigenvalue weighted by atomic mass is 9.74. The lowest BCUT2D eigenvalue weighted by Crippen LogP contribution is -2.71. The number of aromatic nitrogens is 2. The molecule has 0 radical (unpaired) electrons. The fourth-order valence-electron chi connectivity index (χ4n) is 4.40. The second-order valence-corrected chi connectivity index (χ2v) is 9.08. The average Bonchev–Trinajstić information content (AvgIpc) is 2.68. The molecule has 5 nitrogen and oxygen atoms in total.